The molecule has 3 rings (SSSR count). The maximum absolute atomic E-state index is 12.2. The molecule has 6 atom stereocenters. The van der Waals surface area contributed by atoms with E-state index in [1.807, 2.05) is 76.2 Å². The Hall–Kier alpha value is -10.2. The summed E-state index contributed by atoms with van der Waals surface area (Å²) < 4.78 is 52.5. The Kier molecular flexibility index (Phi) is 91.2. The monoisotopic (exact) mass is 2080 g/mol. The minimum Gasteiger partial charge on any atom is -0.507 e. The Morgan fingerprint density at radius 2 is 0.773 bits per heavy atom. The van der Waals surface area contributed by atoms with Gasteiger partial charge in [-0.15, -0.1) is 0 Å². The van der Waals surface area contributed by atoms with Gasteiger partial charge in [0.2, 0.25) is 9.05 Å². The molecule has 0 bridgehead atoms. The van der Waals surface area contributed by atoms with Gasteiger partial charge in [0.25, 0.3) is 17.1 Å². The van der Waals surface area contributed by atoms with Crippen molar-refractivity contribution in [3.63, 3.8) is 0 Å². The van der Waals surface area contributed by atoms with Crippen LogP contribution in [0.2, 0.25) is 0 Å². The number of hydrogen-bond donors (Lipinski definition) is 14. The van der Waals surface area contributed by atoms with Crippen LogP contribution in [0.1, 0.15) is 276 Å². The van der Waals surface area contributed by atoms with Gasteiger partial charge in [0.1, 0.15) is 56.6 Å². The first-order valence-corrected chi connectivity index (χ1v) is 48.5. The number of amides is 6. The Morgan fingerprint density at radius 3 is 1.06 bits per heavy atom. The molecule has 3 aromatic rings. The molecule has 0 radical (unpaired) electrons. The summed E-state index contributed by atoms with van der Waals surface area (Å²) in [5, 5.41) is 63.6. The van der Waals surface area contributed by atoms with Crippen molar-refractivity contribution in [2.75, 3.05) is 52.1 Å². The van der Waals surface area contributed by atoms with Gasteiger partial charge < -0.3 is 113 Å². The van der Waals surface area contributed by atoms with Crippen molar-refractivity contribution in [3.05, 3.63) is 189 Å². The van der Waals surface area contributed by atoms with Gasteiger partial charge in [0.15, 0.2) is 0 Å². The normalized spacial score (nSPS) is 12.3. The van der Waals surface area contributed by atoms with Gasteiger partial charge in [0.05, 0.1) is 41.2 Å². The summed E-state index contributed by atoms with van der Waals surface area (Å²) in [5.41, 5.74) is 29.4. The molecular formula is C97H163Cl3N15NaO24S. The number of alkyl carbamates (subject to hydrolysis) is 4. The zero-order valence-corrected chi connectivity index (χ0v) is 93.2. The van der Waals surface area contributed by atoms with Gasteiger partial charge in [0, 0.05) is 86.3 Å². The number of ketones is 1. The molecular weight excluding hydrogens is 1920 g/mol. The van der Waals surface area contributed by atoms with Crippen LogP contribution in [0.3, 0.4) is 0 Å². The van der Waals surface area contributed by atoms with E-state index in [9.17, 15) is 66.6 Å². The molecule has 0 aliphatic rings. The van der Waals surface area contributed by atoms with Crippen LogP contribution in [0.5, 0.6) is 17.2 Å². The molecule has 6 amide bonds. The number of aromatic hydroxyl groups is 3. The van der Waals surface area contributed by atoms with E-state index < -0.39 is 84.6 Å². The van der Waals surface area contributed by atoms with E-state index in [4.69, 9.17) is 95.2 Å². The number of aliphatic hydroxyl groups is 2. The molecule has 0 spiro atoms. The Bertz CT molecular complexity index is 4240. The predicted molar refractivity (Wildman–Crippen MR) is 555 cm³/mol. The van der Waals surface area contributed by atoms with Gasteiger partial charge in [-0.1, -0.05) is 149 Å². The third kappa shape index (κ3) is 124. The molecule has 0 saturated heterocycles. The number of nitrogens with one attached hydrogen (secondary N) is 7. The van der Waals surface area contributed by atoms with Gasteiger partial charge in [-0.3, -0.25) is 24.1 Å². The number of carbonyl (C=O) groups excluding carboxylic acids is 10. The molecule has 798 valence electrons. The van der Waals surface area contributed by atoms with Crippen LogP contribution in [0.4, 0.5) is 28.8 Å². The summed E-state index contributed by atoms with van der Waals surface area (Å²) in [7, 11) is 1.31. The molecule has 0 heterocycles. The number of Topliss-reactive ketones (excluding diaryl/α,β-unsaturated/α-hetero) is 1. The predicted octanol–water partition coefficient (Wildman–Crippen LogP) is 17.6. The Labute approximate surface area is 873 Å². The SMILES string of the molecule is CC(C)(C)OC(=O)OC(=O)OC(C)(C)C.CC(C)CNC(=O)OC(C)(C)C.CC(CNC(=O)OC(C)(C)C)N=[N+]=[N-].CC(CNCl)NC(=O)c1ccccc1O.CC(N)CNC(=O)OC(C)(C)C.CC(O)CN.CC(O)CNC(=O)OC(C)(C)C.CC/C=C\C/C=C\C/C=C\C/C=C\C/C=C\C/C=C\CCC(=O)CC(C)CNC(=O)c1ccccc1O.CS(=O)(=O)Cl.O=C(Cl)c1ccccc1O.[N-]=[N+]=[N-].[Na+]. The number of azide groups is 1. The van der Waals surface area contributed by atoms with Gasteiger partial charge >= 0.3 is 66.2 Å². The number of nitrogens with two attached hydrogens (primary N) is 2. The van der Waals surface area contributed by atoms with E-state index >= 15 is 0 Å². The van der Waals surface area contributed by atoms with Crippen LogP contribution >= 0.6 is 34.1 Å². The van der Waals surface area contributed by atoms with Crippen molar-refractivity contribution in [1.82, 2.24) is 36.7 Å². The number of nitrogens with zero attached hydrogens (tertiary/aromatic N) is 6. The number of carbonyl (C=O) groups is 10. The number of ether oxygens (including phenoxy) is 7. The second kappa shape index (κ2) is 86.5. The van der Waals surface area contributed by atoms with E-state index in [0.29, 0.717) is 51.5 Å². The first-order chi connectivity index (χ1) is 64.4. The molecule has 0 aliphatic carbocycles. The van der Waals surface area contributed by atoms with Crippen molar-refractivity contribution >= 4 is 103 Å². The number of rotatable bonds is 34. The number of hydrogen-bond acceptors (Lipinski definition) is 28. The van der Waals surface area contributed by atoms with E-state index in [1.54, 1.807) is 152 Å². The number of allylic oxidation sites excluding steroid dienone is 12. The van der Waals surface area contributed by atoms with Crippen LogP contribution in [-0.2, 0) is 47.0 Å². The first kappa shape index (κ1) is 149. The molecule has 0 fully saturated rings. The second-order valence-electron chi connectivity index (χ2n) is 36.7. The summed E-state index contributed by atoms with van der Waals surface area (Å²) in [4.78, 5) is 119. The smallest absolute Gasteiger partial charge is 0.507 e. The number of benzene rings is 3. The van der Waals surface area contributed by atoms with Crippen molar-refractivity contribution in [3.8, 4) is 17.2 Å². The minimum absolute atomic E-state index is 0. The number of phenolic OH excluding ortho intramolecular Hbond substituents is 3. The molecule has 44 heteroatoms. The second-order valence-corrected chi connectivity index (χ2v) is 40.4. The summed E-state index contributed by atoms with van der Waals surface area (Å²) in [6, 6.07) is 18.5. The fraction of sp³-hybridized carbons (Fsp3) is 0.588. The van der Waals surface area contributed by atoms with Crippen molar-refractivity contribution in [2.24, 2.45) is 28.4 Å². The van der Waals surface area contributed by atoms with Crippen LogP contribution < -0.4 is 77.8 Å². The summed E-state index contributed by atoms with van der Waals surface area (Å²) >= 11 is 10.4. The van der Waals surface area contributed by atoms with E-state index in [0.717, 1.165) is 51.2 Å². The first-order valence-electron chi connectivity index (χ1n) is 45.0. The van der Waals surface area contributed by atoms with Crippen molar-refractivity contribution in [2.45, 2.75) is 309 Å². The number of halogens is 3. The van der Waals surface area contributed by atoms with Gasteiger partial charge in [-0.2, -0.15) is 0 Å². The standard InChI is InChI=1S/C33H45NO3.C10H13ClN2O2.C10H18O5.C9H19NO2.C8H16N4O2.C8H18N2O2.C8H17NO3.C7H5ClO2.C3H9NO.CH3ClO2S.N3.Na/c1-3-4-5-6-7-8-9-10-11-12-13-14-15-16-17-18-19-20-21-24-30(35)27-29(2)28-34-33(37)31-25-22-23-26-32(31)36;1-7(6-12-11)13-10(15)8-4-2-3-5-9(8)14;1-9(2,3)14-7(11)13-8(12)15-10(4,5)6;1-7(2)6-10-8(11)12-9(3,4)5;1-6(11-12-9)5-10-7(13)14-8(2,3)4;1-6(9)5-10-7(11)12-8(2,3)4;1-6(10)5-9-7(11)12-8(2,3)4;8-7(10)5-3-1-2-4-6(5)9;1-3(5)2-4;1-5(2,3)4;1-3-2;/h4-5,7-8,10-11,13-14,16-17,19-20,22-23,25-26,29,36H,3,6,9,12,15,18,21,24,27-28H2,1-2H3,(H,34,37);2-5,7,12,14H,6H2,1H3,(H,13,15);1-6H3;7H,6H2,1-5H3,(H,10,11);6H,5H2,1-4H3,(H,10,13);6H,5,9H2,1-4H3,(H,10,11);6,10H,5H2,1-4H3,(H,9,11);1-4,9H;3,5H,2,4H2,1H3;1H3;;/q;;;;;;;;;;-1;+1/b5-4-,8-7-,11-10-,14-13-,17-16-,20-19-;;;;;;;;;;;. The van der Waals surface area contributed by atoms with Crippen LogP contribution in [0.15, 0.2) is 151 Å². The molecule has 0 saturated carbocycles. The maximum atomic E-state index is 12.2. The van der Waals surface area contributed by atoms with Gasteiger partial charge in [-0.05, 0) is 274 Å². The molecule has 16 N–H and O–H groups in total. The Balaban J connectivity index is -0.000000206. The molecule has 0 aliphatic heterocycles. The molecule has 0 aromatic heterocycles. The topological polar surface area (TPSA) is 614 Å². The molecule has 39 nitrogen and oxygen atoms in total. The van der Waals surface area contributed by atoms with E-state index in [2.05, 4.69) is 142 Å². The molecule has 6 unspecified atom stereocenters. The summed E-state index contributed by atoms with van der Waals surface area (Å²) in [5.74, 6) is -0.0829. The zero-order valence-electron chi connectivity index (χ0n) is 88.1. The third-order valence-corrected chi connectivity index (χ3v) is 14.3. The fourth-order valence-electron chi connectivity index (χ4n) is 8.24. The minimum atomic E-state index is -3.19. The van der Waals surface area contributed by atoms with Gasteiger partial charge in [-0.25, -0.2) is 42.0 Å². The molecule has 3 aromatic carbocycles. The van der Waals surface area contributed by atoms with Crippen LogP contribution in [0, 0.1) is 11.8 Å². The molecule has 141 heavy (non-hydrogen) atoms. The average Bonchev–Trinajstić information content (AvgIpc) is 0.889. The van der Waals surface area contributed by atoms with Crippen LogP contribution in [-0.4, -0.2) is 209 Å². The van der Waals surface area contributed by atoms with Crippen molar-refractivity contribution in [1.29, 1.82) is 0 Å². The largest absolute Gasteiger partial charge is 1.00 e. The zero-order chi connectivity index (χ0) is 110. The van der Waals surface area contributed by atoms with Crippen LogP contribution in [0.25, 0.3) is 26.4 Å². The fourth-order valence-corrected chi connectivity index (χ4v) is 8.63. The summed E-state index contributed by atoms with van der Waals surface area (Å²) in [6.07, 6.45) is 29.8. The van der Waals surface area contributed by atoms with E-state index in [1.165, 1.54) is 29.2 Å². The van der Waals surface area contributed by atoms with Crippen molar-refractivity contribution < 1.29 is 145 Å². The summed E-state index contributed by atoms with van der Waals surface area (Å²) in [6.45, 7) is 51.3. The average molecular weight is 2080 g/mol. The quantitative estimate of drug-likeness (QED) is 0.00252. The third-order valence-electron chi connectivity index (χ3n) is 14.0. The maximum Gasteiger partial charge on any atom is 1.00 e. The number of aliphatic hydroxyl groups excluding tert-OH is 2. The number of phenols is 3. The number of para-hydroxylation sites is 3. The Morgan fingerprint density at radius 1 is 0.468 bits per heavy atom. The van der Waals surface area contributed by atoms with E-state index in [-0.39, 0.29) is 130 Å².